The Morgan fingerprint density at radius 2 is 0.522 bits per heavy atom. The molecule has 6 aromatic heterocycles. The highest BCUT2D eigenvalue weighted by molar-refractivity contribution is 7.26. The maximum atomic E-state index is 6.30. The molecule has 0 atom stereocenters. The number of para-hydroxylation sites is 6. The Bertz CT molecular complexity index is 8860. The van der Waals surface area contributed by atoms with Crippen molar-refractivity contribution in [2.45, 2.75) is 119 Å². The summed E-state index contributed by atoms with van der Waals surface area (Å²) >= 11 is 1.89. The van der Waals surface area contributed by atoms with E-state index in [1.807, 2.05) is 17.4 Å². The van der Waals surface area contributed by atoms with E-state index >= 15 is 0 Å². The minimum atomic E-state index is 0.443. The molecule has 5 nitrogen and oxygen atoms in total. The monoisotopic (exact) mass is 1800 g/mol. The van der Waals surface area contributed by atoms with Crippen LogP contribution in [0.4, 0.5) is 0 Å². The van der Waals surface area contributed by atoms with Crippen molar-refractivity contribution in [1.82, 2.24) is 18.3 Å². The molecule has 0 saturated carbocycles. The fourth-order valence-corrected chi connectivity index (χ4v) is 22.7. The summed E-state index contributed by atoms with van der Waals surface area (Å²) in [4.78, 5) is 0. The first-order chi connectivity index (χ1) is 67.4. The van der Waals surface area contributed by atoms with Crippen molar-refractivity contribution in [3.63, 3.8) is 0 Å². The van der Waals surface area contributed by atoms with Gasteiger partial charge in [0.2, 0.25) is 0 Å². The predicted molar refractivity (Wildman–Crippen MR) is 594 cm³/mol. The molecule has 0 aliphatic heterocycles. The molecule has 0 bridgehead atoms. The van der Waals surface area contributed by atoms with Crippen LogP contribution in [0.5, 0.6) is 0 Å². The van der Waals surface area contributed by atoms with E-state index in [0.29, 0.717) is 35.5 Å². The van der Waals surface area contributed by atoms with Gasteiger partial charge in [-0.15, -0.1) is 11.3 Å². The second kappa shape index (κ2) is 35.6. The molecular weight excluding hydrogens is 1690 g/mol. The summed E-state index contributed by atoms with van der Waals surface area (Å²) < 4.78 is 18.9. The highest BCUT2D eigenvalue weighted by Gasteiger charge is 2.26. The largest absolute Gasteiger partial charge is 0.456 e. The molecule has 19 aromatic carbocycles. The van der Waals surface area contributed by atoms with Gasteiger partial charge in [0.1, 0.15) is 11.2 Å². The first-order valence-electron chi connectivity index (χ1n) is 49.2. The van der Waals surface area contributed by atoms with Crippen molar-refractivity contribution in [2.75, 3.05) is 0 Å². The lowest BCUT2D eigenvalue weighted by Crippen LogP contribution is -1.99. The van der Waals surface area contributed by atoms with Crippen LogP contribution < -0.4 is 0 Å². The first-order valence-corrected chi connectivity index (χ1v) is 50.0. The molecule has 0 fully saturated rings. The smallest absolute Gasteiger partial charge is 0.136 e. The van der Waals surface area contributed by atoms with Gasteiger partial charge >= 0.3 is 0 Å². The summed E-state index contributed by atoms with van der Waals surface area (Å²) in [6, 6.07) is 152. The number of thiophene rings is 1. The van der Waals surface area contributed by atoms with E-state index in [2.05, 4.69) is 508 Å². The van der Waals surface area contributed by atoms with Crippen molar-refractivity contribution in [1.29, 1.82) is 0 Å². The molecule has 0 unspecified atom stereocenters. The van der Waals surface area contributed by atoms with Crippen molar-refractivity contribution < 1.29 is 4.42 Å². The molecular formula is C132H110N4OS. The number of fused-ring (bicyclic) bond motifs is 18. The van der Waals surface area contributed by atoms with Crippen molar-refractivity contribution >= 4 is 141 Å². The maximum Gasteiger partial charge on any atom is 0.136 e. The van der Waals surface area contributed by atoms with Gasteiger partial charge in [0.05, 0.1) is 61.2 Å². The molecule has 0 amide bonds. The van der Waals surface area contributed by atoms with Crippen LogP contribution in [0.2, 0.25) is 0 Å². The molecule has 25 aromatic rings. The van der Waals surface area contributed by atoms with Gasteiger partial charge in [-0.1, -0.05) is 374 Å². The van der Waals surface area contributed by atoms with E-state index < -0.39 is 0 Å². The zero-order valence-electron chi connectivity index (χ0n) is 80.3. The number of hydrogen-bond donors (Lipinski definition) is 0. The third kappa shape index (κ3) is 15.2. The zero-order chi connectivity index (χ0) is 93.8. The van der Waals surface area contributed by atoms with Gasteiger partial charge in [0.15, 0.2) is 0 Å². The van der Waals surface area contributed by atoms with Crippen LogP contribution in [-0.4, -0.2) is 18.3 Å². The molecule has 6 heterocycles. The topological polar surface area (TPSA) is 32.9 Å². The van der Waals surface area contributed by atoms with Gasteiger partial charge in [0, 0.05) is 96.4 Å². The minimum absolute atomic E-state index is 0.443. The van der Waals surface area contributed by atoms with Crippen LogP contribution in [0.25, 0.3) is 219 Å². The Hall–Kier alpha value is -15.6. The number of nitrogens with zero attached hydrogens (tertiary/aromatic N) is 4. The number of aromatic nitrogens is 4. The van der Waals surface area contributed by atoms with E-state index in [4.69, 9.17) is 4.42 Å². The van der Waals surface area contributed by atoms with Crippen molar-refractivity contribution in [2.24, 2.45) is 0 Å². The summed E-state index contributed by atoms with van der Waals surface area (Å²) in [5.41, 5.74) is 39.4. The lowest BCUT2D eigenvalue weighted by Gasteiger charge is -2.18. The number of hydrogen-bond acceptors (Lipinski definition) is 2. The maximum absolute atomic E-state index is 6.30. The number of furan rings is 1. The molecule has 0 N–H and O–H groups in total. The Labute approximate surface area is 811 Å². The summed E-state index contributed by atoms with van der Waals surface area (Å²) in [6.07, 6.45) is 0. The standard InChI is InChI=1S/C48H40N2.C42H35NO.C42H35NS/c1-31(2)33-22-25-46-42(28-33)43-29-34(32(3)4)23-26-47(43)50(46)44-19-10-8-17-39(44)37-14-12-13-35(27-37)36-21-24-41-40-18-9-11-20-45(40)49(48(41)30-36)38-15-6-5-7-16-38;1-26(2)28-20-22-33-34-23-21-29(27(3)4)25-39(34)43(38(33)24-28)37-17-9-7-14-32(37)30-12-5-6-13-31(30)35-16-11-19-41-42(35)36-15-8-10-18-40(36)44-41;1-26(2)28-19-21-34-35-22-20-29(27(3)4)25-40(35)43(39(34)24-28)38-17-7-5-13-32(38)30-11-9-12-31(23-30)33-15-10-16-37-36-14-6-8-18-41(36)44-42(33)37/h5-32H,1-4H3;2*5-27H,1-4H3. The zero-order valence-corrected chi connectivity index (χ0v) is 81.1. The molecule has 0 saturated heterocycles. The lowest BCUT2D eigenvalue weighted by atomic mass is 9.91. The van der Waals surface area contributed by atoms with Crippen LogP contribution in [0.1, 0.15) is 152 Å². The van der Waals surface area contributed by atoms with Gasteiger partial charge in [0.25, 0.3) is 0 Å². The summed E-state index contributed by atoms with van der Waals surface area (Å²) in [5, 5.41) is 15.3. The first kappa shape index (κ1) is 86.5. The number of rotatable bonds is 16. The van der Waals surface area contributed by atoms with Gasteiger partial charge < -0.3 is 22.7 Å². The fraction of sp³-hybridized carbons (Fsp3) is 0.136. The fourth-order valence-electron chi connectivity index (χ4n) is 21.5. The van der Waals surface area contributed by atoms with Gasteiger partial charge in [-0.2, -0.15) is 0 Å². The summed E-state index contributed by atoms with van der Waals surface area (Å²) in [7, 11) is 0. The van der Waals surface area contributed by atoms with Gasteiger partial charge in [-0.3, -0.25) is 0 Å². The number of benzene rings is 19. The Balaban J connectivity index is 0.000000116. The van der Waals surface area contributed by atoms with Gasteiger partial charge in [-0.25, -0.2) is 0 Å². The Kier molecular flexibility index (Phi) is 22.3. The normalized spacial score (nSPS) is 12.0. The third-order valence-electron chi connectivity index (χ3n) is 28.9. The van der Waals surface area contributed by atoms with Crippen LogP contribution in [0.15, 0.2) is 417 Å². The second-order valence-electron chi connectivity index (χ2n) is 39.3. The Morgan fingerprint density at radius 1 is 0.188 bits per heavy atom. The van der Waals surface area contributed by atoms with Gasteiger partial charge in [-0.05, 0) is 240 Å². The highest BCUT2D eigenvalue weighted by Crippen LogP contribution is 2.49. The van der Waals surface area contributed by atoms with E-state index in [-0.39, 0.29) is 0 Å². The molecule has 0 aliphatic carbocycles. The molecule has 0 aliphatic rings. The third-order valence-corrected chi connectivity index (χ3v) is 30.1. The Morgan fingerprint density at radius 3 is 1.06 bits per heavy atom. The van der Waals surface area contributed by atoms with Crippen LogP contribution in [-0.2, 0) is 0 Å². The molecule has 0 spiro atoms. The van der Waals surface area contributed by atoms with Crippen molar-refractivity contribution in [3.8, 4) is 89.5 Å². The SMILES string of the molecule is CC(C)c1ccc2c(c1)c1cc(C(C)C)ccc1n2-c1ccccc1-c1cccc(-c2ccc3c4ccccc4n(-c4ccccc4)c3c2)c1.CC(C)c1ccc2c3ccc(C(C)C)cc3n(-c3ccccc3-c3cccc(-c4cccc5c4sc4ccccc45)c3)c2c1.CC(C)c1ccc2c3ccc(C(C)C)cc3n(-c3ccccc3-c3ccccc3-c3cccc4oc5ccccc5c34)c2c1. The van der Waals surface area contributed by atoms with E-state index in [1.165, 1.54) is 230 Å². The molecule has 6 heteroatoms. The van der Waals surface area contributed by atoms with Crippen LogP contribution in [0, 0.1) is 0 Å². The summed E-state index contributed by atoms with van der Waals surface area (Å²) in [5.74, 6) is 2.74. The average Bonchev–Trinajstić information content (AvgIpc) is 1.59. The lowest BCUT2D eigenvalue weighted by molar-refractivity contribution is 0.669. The quantitative estimate of drug-likeness (QED) is 0.0949. The minimum Gasteiger partial charge on any atom is -0.456 e. The second-order valence-corrected chi connectivity index (χ2v) is 40.4. The highest BCUT2D eigenvalue weighted by atomic mass is 32.1. The van der Waals surface area contributed by atoms with E-state index in [0.717, 1.165) is 21.9 Å². The molecule has 138 heavy (non-hydrogen) atoms. The molecule has 670 valence electrons. The van der Waals surface area contributed by atoms with Crippen molar-refractivity contribution in [3.05, 3.63) is 446 Å². The predicted octanol–water partition coefficient (Wildman–Crippen LogP) is 38.5. The molecule has 0 radical (unpaired) electrons. The van der Waals surface area contributed by atoms with E-state index in [9.17, 15) is 0 Å². The van der Waals surface area contributed by atoms with Crippen LogP contribution >= 0.6 is 11.3 Å². The van der Waals surface area contributed by atoms with E-state index in [1.54, 1.807) is 0 Å². The van der Waals surface area contributed by atoms with Crippen LogP contribution in [0.3, 0.4) is 0 Å². The summed E-state index contributed by atoms with van der Waals surface area (Å²) in [6.45, 7) is 27.3. The average molecular weight is 1800 g/mol. The molecule has 25 rings (SSSR count).